The van der Waals surface area contributed by atoms with Crippen molar-refractivity contribution >= 4 is 34.1 Å². The largest absolute Gasteiger partial charge is 0.465 e. The summed E-state index contributed by atoms with van der Waals surface area (Å²) < 4.78 is 6.82. The summed E-state index contributed by atoms with van der Waals surface area (Å²) in [5, 5.41) is 24.1. The molecule has 3 heterocycles. The fourth-order valence-corrected chi connectivity index (χ4v) is 2.99. The molecule has 4 aromatic rings. The number of furan rings is 1. The minimum absolute atomic E-state index is 0.0244. The van der Waals surface area contributed by atoms with Crippen molar-refractivity contribution < 1.29 is 9.34 Å². The van der Waals surface area contributed by atoms with Gasteiger partial charge in [0.1, 0.15) is 10.8 Å². The molecule has 0 radical (unpaired) electrons. The Balaban J connectivity index is 1.72. The SMILES string of the molecule is O=[N+]([O-])c1cccc(-c2nn3c(/C=C/c4ccco4)nnc3s2)c1. The minimum atomic E-state index is -0.429. The highest BCUT2D eigenvalue weighted by Gasteiger charge is 2.14. The van der Waals surface area contributed by atoms with Gasteiger partial charge < -0.3 is 4.42 Å². The van der Waals surface area contributed by atoms with Crippen LogP contribution in [0.1, 0.15) is 11.6 Å². The number of fused-ring (bicyclic) bond motifs is 1. The van der Waals surface area contributed by atoms with Crippen LogP contribution in [0.2, 0.25) is 0 Å². The first-order chi connectivity index (χ1) is 11.7. The third-order valence-electron chi connectivity index (χ3n) is 3.26. The maximum atomic E-state index is 10.9. The van der Waals surface area contributed by atoms with Gasteiger partial charge in [0.2, 0.25) is 4.96 Å². The maximum Gasteiger partial charge on any atom is 0.270 e. The van der Waals surface area contributed by atoms with Crippen molar-refractivity contribution in [3.63, 3.8) is 0 Å². The van der Waals surface area contributed by atoms with Crippen molar-refractivity contribution in [1.29, 1.82) is 0 Å². The first-order valence-corrected chi connectivity index (χ1v) is 7.71. The number of hydrogen-bond donors (Lipinski definition) is 0. The Bertz CT molecular complexity index is 1050. The lowest BCUT2D eigenvalue weighted by atomic mass is 10.2. The zero-order chi connectivity index (χ0) is 16.5. The smallest absolute Gasteiger partial charge is 0.270 e. The Morgan fingerprint density at radius 2 is 2.12 bits per heavy atom. The number of aromatic nitrogens is 4. The normalized spacial score (nSPS) is 11.5. The van der Waals surface area contributed by atoms with Gasteiger partial charge in [-0.25, -0.2) is 0 Å². The third-order valence-corrected chi connectivity index (χ3v) is 4.21. The summed E-state index contributed by atoms with van der Waals surface area (Å²) in [6.07, 6.45) is 5.10. The average molecular weight is 339 g/mol. The fourth-order valence-electron chi connectivity index (χ4n) is 2.15. The molecule has 0 saturated heterocycles. The Morgan fingerprint density at radius 3 is 2.92 bits per heavy atom. The van der Waals surface area contributed by atoms with Crippen LogP contribution in [0, 0.1) is 10.1 Å². The van der Waals surface area contributed by atoms with Gasteiger partial charge in [0.05, 0.1) is 11.2 Å². The van der Waals surface area contributed by atoms with Gasteiger partial charge in [0, 0.05) is 17.7 Å². The number of nitrogens with zero attached hydrogens (tertiary/aromatic N) is 5. The second-order valence-corrected chi connectivity index (χ2v) is 5.77. The van der Waals surface area contributed by atoms with Crippen LogP contribution < -0.4 is 0 Å². The van der Waals surface area contributed by atoms with E-state index in [-0.39, 0.29) is 5.69 Å². The highest BCUT2D eigenvalue weighted by Crippen LogP contribution is 2.28. The number of non-ortho nitro benzene ring substituents is 1. The van der Waals surface area contributed by atoms with Crippen molar-refractivity contribution in [3.05, 3.63) is 64.4 Å². The summed E-state index contributed by atoms with van der Waals surface area (Å²) >= 11 is 1.31. The summed E-state index contributed by atoms with van der Waals surface area (Å²) in [7, 11) is 0. The average Bonchev–Trinajstić information content (AvgIpc) is 3.30. The van der Waals surface area contributed by atoms with Gasteiger partial charge in [-0.2, -0.15) is 9.61 Å². The fraction of sp³-hybridized carbons (Fsp3) is 0. The Kier molecular flexibility index (Phi) is 3.39. The van der Waals surface area contributed by atoms with E-state index in [0.717, 1.165) is 0 Å². The molecule has 8 nitrogen and oxygen atoms in total. The van der Waals surface area contributed by atoms with Crippen LogP contribution in [0.5, 0.6) is 0 Å². The van der Waals surface area contributed by atoms with E-state index >= 15 is 0 Å². The van der Waals surface area contributed by atoms with Gasteiger partial charge in [-0.1, -0.05) is 23.5 Å². The summed E-state index contributed by atoms with van der Waals surface area (Å²) in [5.74, 6) is 1.25. The van der Waals surface area contributed by atoms with Gasteiger partial charge in [-0.3, -0.25) is 10.1 Å². The molecular formula is C15H9N5O3S. The van der Waals surface area contributed by atoms with Crippen LogP contribution in [0.25, 0.3) is 27.7 Å². The number of nitro benzene ring substituents is 1. The van der Waals surface area contributed by atoms with Gasteiger partial charge in [0.25, 0.3) is 5.69 Å². The van der Waals surface area contributed by atoms with Crippen molar-refractivity contribution in [2.75, 3.05) is 0 Å². The Morgan fingerprint density at radius 1 is 1.21 bits per heavy atom. The van der Waals surface area contributed by atoms with Crippen molar-refractivity contribution in [3.8, 4) is 10.6 Å². The zero-order valence-electron chi connectivity index (χ0n) is 12.1. The van der Waals surface area contributed by atoms with Crippen molar-refractivity contribution in [1.82, 2.24) is 19.8 Å². The Hall–Kier alpha value is -3.33. The van der Waals surface area contributed by atoms with E-state index in [1.807, 2.05) is 6.07 Å². The number of nitro groups is 1. The summed E-state index contributed by atoms with van der Waals surface area (Å²) in [6.45, 7) is 0. The molecule has 0 unspecified atom stereocenters. The highest BCUT2D eigenvalue weighted by molar-refractivity contribution is 7.19. The molecule has 0 aliphatic heterocycles. The van der Waals surface area contributed by atoms with Crippen LogP contribution in [0.15, 0.2) is 47.1 Å². The predicted octanol–water partition coefficient (Wildman–Crippen LogP) is 3.52. The molecule has 118 valence electrons. The molecule has 3 aromatic heterocycles. The molecule has 0 aliphatic carbocycles. The second-order valence-electron chi connectivity index (χ2n) is 4.82. The van der Waals surface area contributed by atoms with Crippen LogP contribution in [0.3, 0.4) is 0 Å². The summed E-state index contributed by atoms with van der Waals surface area (Å²) in [5.41, 5.74) is 0.692. The van der Waals surface area contributed by atoms with Gasteiger partial charge in [-0.15, -0.1) is 10.2 Å². The molecule has 0 atom stereocenters. The molecule has 0 saturated carbocycles. The van der Waals surface area contributed by atoms with Gasteiger partial charge in [0.15, 0.2) is 5.82 Å². The van der Waals surface area contributed by atoms with Gasteiger partial charge in [-0.05, 0) is 24.3 Å². The molecule has 0 N–H and O–H groups in total. The van der Waals surface area contributed by atoms with Crippen LogP contribution >= 0.6 is 11.3 Å². The molecule has 0 amide bonds. The maximum absolute atomic E-state index is 10.9. The molecule has 0 bridgehead atoms. The summed E-state index contributed by atoms with van der Waals surface area (Å²) in [6, 6.07) is 9.96. The number of hydrogen-bond acceptors (Lipinski definition) is 7. The van der Waals surface area contributed by atoms with E-state index in [9.17, 15) is 10.1 Å². The predicted molar refractivity (Wildman–Crippen MR) is 88.4 cm³/mol. The third kappa shape index (κ3) is 2.57. The molecule has 0 aliphatic rings. The second kappa shape index (κ2) is 5.70. The topological polar surface area (TPSA) is 99.4 Å². The Labute approximate surface area is 138 Å². The quantitative estimate of drug-likeness (QED) is 0.416. The van der Waals surface area contributed by atoms with E-state index in [2.05, 4.69) is 15.3 Å². The van der Waals surface area contributed by atoms with E-state index in [1.165, 1.54) is 23.5 Å². The van der Waals surface area contributed by atoms with E-state index < -0.39 is 4.92 Å². The van der Waals surface area contributed by atoms with Crippen LogP contribution in [-0.2, 0) is 0 Å². The van der Waals surface area contributed by atoms with Gasteiger partial charge >= 0.3 is 0 Å². The summed E-state index contributed by atoms with van der Waals surface area (Å²) in [4.78, 5) is 11.1. The lowest BCUT2D eigenvalue weighted by Gasteiger charge is -1.95. The monoisotopic (exact) mass is 339 g/mol. The standard InChI is InChI=1S/C15H9N5O3S/c21-20(22)11-4-1-3-10(9-11)14-18-19-13(16-17-15(19)24-14)7-6-12-5-2-8-23-12/h1-9H/b7-6+. The lowest BCUT2D eigenvalue weighted by Crippen LogP contribution is -1.90. The number of benzene rings is 1. The highest BCUT2D eigenvalue weighted by atomic mass is 32.1. The molecule has 0 spiro atoms. The first-order valence-electron chi connectivity index (χ1n) is 6.89. The first kappa shape index (κ1) is 14.3. The van der Waals surface area contributed by atoms with Crippen molar-refractivity contribution in [2.24, 2.45) is 0 Å². The molecule has 9 heteroatoms. The molecule has 4 rings (SSSR count). The van der Waals surface area contributed by atoms with E-state index in [4.69, 9.17) is 4.42 Å². The lowest BCUT2D eigenvalue weighted by molar-refractivity contribution is -0.384. The van der Waals surface area contributed by atoms with Crippen LogP contribution in [0.4, 0.5) is 5.69 Å². The molecule has 1 aromatic carbocycles. The molecular weight excluding hydrogens is 330 g/mol. The zero-order valence-corrected chi connectivity index (χ0v) is 12.9. The minimum Gasteiger partial charge on any atom is -0.465 e. The van der Waals surface area contributed by atoms with E-state index in [0.29, 0.717) is 27.1 Å². The van der Waals surface area contributed by atoms with Crippen molar-refractivity contribution in [2.45, 2.75) is 0 Å². The number of rotatable bonds is 4. The van der Waals surface area contributed by atoms with Crippen LogP contribution in [-0.4, -0.2) is 24.7 Å². The van der Waals surface area contributed by atoms with E-state index in [1.54, 1.807) is 41.1 Å². The molecule has 0 fully saturated rings. The molecule has 24 heavy (non-hydrogen) atoms.